The van der Waals surface area contributed by atoms with E-state index >= 15 is 0 Å². The maximum atomic E-state index is 4.46. The molecular weight excluding hydrogens is 359 g/mol. The Hall–Kier alpha value is -1.62. The first-order valence-electron chi connectivity index (χ1n) is 6.55. The van der Waals surface area contributed by atoms with Gasteiger partial charge >= 0.3 is 0 Å². The number of imidazole rings is 1. The smallest absolute Gasteiger partial charge is 0.127 e. The fourth-order valence-corrected chi connectivity index (χ4v) is 3.00. The predicted octanol–water partition coefficient (Wildman–Crippen LogP) is 4.51. The maximum Gasteiger partial charge on any atom is 0.127 e. The molecule has 0 amide bonds. The van der Waals surface area contributed by atoms with Crippen molar-refractivity contribution in [3.8, 4) is 11.3 Å². The van der Waals surface area contributed by atoms with E-state index in [1.807, 2.05) is 12.4 Å². The first-order valence-corrected chi connectivity index (χ1v) is 7.63. The highest BCUT2D eigenvalue weighted by atomic mass is 127. The molecule has 2 nitrogen and oxygen atoms in total. The summed E-state index contributed by atoms with van der Waals surface area (Å²) in [4.78, 5) is 4.46. The zero-order chi connectivity index (χ0) is 13.9. The lowest BCUT2D eigenvalue weighted by atomic mass is 10.1. The zero-order valence-corrected chi connectivity index (χ0v) is 13.4. The van der Waals surface area contributed by atoms with Crippen molar-refractivity contribution in [1.29, 1.82) is 0 Å². The molecule has 0 aliphatic carbocycles. The zero-order valence-electron chi connectivity index (χ0n) is 11.3. The van der Waals surface area contributed by atoms with E-state index < -0.39 is 0 Å². The van der Waals surface area contributed by atoms with Crippen molar-refractivity contribution in [2.75, 3.05) is 0 Å². The summed E-state index contributed by atoms with van der Waals surface area (Å²) < 4.78 is 3.25. The second-order valence-corrected chi connectivity index (χ2v) is 5.89. The normalized spacial score (nSPS) is 10.7. The molecule has 20 heavy (non-hydrogen) atoms. The van der Waals surface area contributed by atoms with Gasteiger partial charge in [0.25, 0.3) is 0 Å². The van der Waals surface area contributed by atoms with Crippen LogP contribution in [0.1, 0.15) is 11.1 Å². The molecule has 0 bridgehead atoms. The van der Waals surface area contributed by atoms with Crippen LogP contribution in [0.25, 0.3) is 11.3 Å². The molecule has 0 spiro atoms. The molecule has 0 radical (unpaired) electrons. The average Bonchev–Trinajstić information content (AvgIpc) is 2.82. The van der Waals surface area contributed by atoms with Crippen LogP contribution in [0.4, 0.5) is 0 Å². The standard InChI is InChI=1S/C17H15IN2/c1-13-7-9-15(10-8-13)16-17(18)19-12-20(16)11-14-5-3-2-4-6-14/h2-10,12H,11H2,1H3. The van der Waals surface area contributed by atoms with Crippen molar-refractivity contribution < 1.29 is 0 Å². The highest BCUT2D eigenvalue weighted by Crippen LogP contribution is 2.25. The van der Waals surface area contributed by atoms with E-state index in [2.05, 4.69) is 87.6 Å². The van der Waals surface area contributed by atoms with Gasteiger partial charge in [-0.15, -0.1) is 0 Å². The van der Waals surface area contributed by atoms with Gasteiger partial charge in [0.2, 0.25) is 0 Å². The summed E-state index contributed by atoms with van der Waals surface area (Å²) >= 11 is 2.30. The van der Waals surface area contributed by atoms with Gasteiger partial charge in [-0.3, -0.25) is 0 Å². The minimum Gasteiger partial charge on any atom is -0.325 e. The van der Waals surface area contributed by atoms with Gasteiger partial charge in [0, 0.05) is 12.1 Å². The molecule has 0 atom stereocenters. The van der Waals surface area contributed by atoms with Gasteiger partial charge in [-0.1, -0.05) is 60.2 Å². The summed E-state index contributed by atoms with van der Waals surface area (Å²) in [7, 11) is 0. The van der Waals surface area contributed by atoms with Crippen LogP contribution >= 0.6 is 22.6 Å². The Morgan fingerprint density at radius 3 is 2.40 bits per heavy atom. The quantitative estimate of drug-likeness (QED) is 0.617. The van der Waals surface area contributed by atoms with Crippen molar-refractivity contribution >= 4 is 22.6 Å². The van der Waals surface area contributed by atoms with Gasteiger partial charge < -0.3 is 4.57 Å². The van der Waals surface area contributed by atoms with Crippen LogP contribution in [0, 0.1) is 10.6 Å². The minimum absolute atomic E-state index is 0.847. The molecule has 3 aromatic rings. The third-order valence-corrected chi connectivity index (χ3v) is 4.10. The number of nitrogens with zero attached hydrogens (tertiary/aromatic N) is 2. The van der Waals surface area contributed by atoms with Gasteiger partial charge in [0.15, 0.2) is 0 Å². The van der Waals surface area contributed by atoms with E-state index in [9.17, 15) is 0 Å². The number of halogens is 1. The molecule has 2 aromatic carbocycles. The van der Waals surface area contributed by atoms with Crippen LogP contribution in [0.15, 0.2) is 60.9 Å². The molecule has 0 fully saturated rings. The summed E-state index contributed by atoms with van der Waals surface area (Å²) in [6.45, 7) is 2.95. The third kappa shape index (κ3) is 2.77. The average molecular weight is 374 g/mol. The van der Waals surface area contributed by atoms with Crippen LogP contribution < -0.4 is 0 Å². The van der Waals surface area contributed by atoms with E-state index in [1.54, 1.807) is 0 Å². The Morgan fingerprint density at radius 1 is 1.00 bits per heavy atom. The first-order chi connectivity index (χ1) is 9.74. The lowest BCUT2D eigenvalue weighted by Gasteiger charge is -2.09. The van der Waals surface area contributed by atoms with Gasteiger partial charge in [-0.2, -0.15) is 0 Å². The minimum atomic E-state index is 0.847. The molecule has 3 heteroatoms. The molecule has 3 rings (SSSR count). The largest absolute Gasteiger partial charge is 0.325 e. The highest BCUT2D eigenvalue weighted by Gasteiger charge is 2.11. The summed E-state index contributed by atoms with van der Waals surface area (Å²) in [5.41, 5.74) is 4.97. The fourth-order valence-electron chi connectivity index (χ4n) is 2.25. The van der Waals surface area contributed by atoms with Crippen LogP contribution in [0.3, 0.4) is 0 Å². The Kier molecular flexibility index (Phi) is 3.87. The van der Waals surface area contributed by atoms with Crippen molar-refractivity contribution in [2.24, 2.45) is 0 Å². The number of hydrogen-bond donors (Lipinski definition) is 0. The lowest BCUT2D eigenvalue weighted by Crippen LogP contribution is -2.00. The second-order valence-electron chi connectivity index (χ2n) is 4.86. The second kappa shape index (κ2) is 5.79. The molecule has 0 N–H and O–H groups in total. The van der Waals surface area contributed by atoms with Gasteiger partial charge in [-0.25, -0.2) is 4.98 Å². The van der Waals surface area contributed by atoms with Crippen LogP contribution in [-0.4, -0.2) is 9.55 Å². The van der Waals surface area contributed by atoms with Gasteiger partial charge in [-0.05, 0) is 35.1 Å². The molecule has 0 saturated carbocycles. The SMILES string of the molecule is Cc1ccc(-c2c(I)ncn2Cc2ccccc2)cc1. The van der Waals surface area contributed by atoms with Gasteiger partial charge in [0.1, 0.15) is 3.70 Å². The Bertz CT molecular complexity index is 700. The number of aryl methyl sites for hydroxylation is 1. The maximum absolute atomic E-state index is 4.46. The lowest BCUT2D eigenvalue weighted by molar-refractivity contribution is 0.804. The number of rotatable bonds is 3. The van der Waals surface area contributed by atoms with Crippen molar-refractivity contribution in [3.05, 3.63) is 75.8 Å². The fraction of sp³-hybridized carbons (Fsp3) is 0.118. The summed E-state index contributed by atoms with van der Waals surface area (Å²) in [6.07, 6.45) is 1.92. The van der Waals surface area contributed by atoms with Crippen LogP contribution in [-0.2, 0) is 6.54 Å². The topological polar surface area (TPSA) is 17.8 Å². The van der Waals surface area contributed by atoms with E-state index in [4.69, 9.17) is 0 Å². The monoisotopic (exact) mass is 374 g/mol. The number of hydrogen-bond acceptors (Lipinski definition) is 1. The third-order valence-electron chi connectivity index (χ3n) is 3.31. The van der Waals surface area contributed by atoms with Gasteiger partial charge in [0.05, 0.1) is 12.0 Å². The molecule has 0 unspecified atom stereocenters. The van der Waals surface area contributed by atoms with Crippen LogP contribution in [0.5, 0.6) is 0 Å². The summed E-state index contributed by atoms with van der Waals surface area (Å²) in [6, 6.07) is 19.1. The molecular formula is C17H15IN2. The molecule has 1 heterocycles. The van der Waals surface area contributed by atoms with Crippen LogP contribution in [0.2, 0.25) is 0 Å². The van der Waals surface area contributed by atoms with E-state index in [-0.39, 0.29) is 0 Å². The summed E-state index contributed by atoms with van der Waals surface area (Å²) in [5, 5.41) is 0. The van der Waals surface area contributed by atoms with E-state index in [0.717, 1.165) is 10.2 Å². The predicted molar refractivity (Wildman–Crippen MR) is 90.7 cm³/mol. The van der Waals surface area contributed by atoms with Crippen molar-refractivity contribution in [3.63, 3.8) is 0 Å². The Balaban J connectivity index is 1.99. The molecule has 0 saturated heterocycles. The first kappa shape index (κ1) is 13.4. The number of benzene rings is 2. The highest BCUT2D eigenvalue weighted by molar-refractivity contribution is 14.1. The van der Waals surface area contributed by atoms with E-state index in [0.29, 0.717) is 0 Å². The van der Waals surface area contributed by atoms with E-state index in [1.165, 1.54) is 22.4 Å². The molecule has 0 aliphatic heterocycles. The van der Waals surface area contributed by atoms with Crippen molar-refractivity contribution in [1.82, 2.24) is 9.55 Å². The molecule has 0 aliphatic rings. The summed E-state index contributed by atoms with van der Waals surface area (Å²) in [5.74, 6) is 0. The molecule has 100 valence electrons. The Morgan fingerprint density at radius 2 is 1.70 bits per heavy atom. The van der Waals surface area contributed by atoms with Crippen molar-refractivity contribution in [2.45, 2.75) is 13.5 Å². The molecule has 1 aromatic heterocycles. The number of aromatic nitrogens is 2. The Labute approximate surface area is 132 Å².